The van der Waals surface area contributed by atoms with Gasteiger partial charge in [0, 0.05) is 18.4 Å². The van der Waals surface area contributed by atoms with Crippen LogP contribution in [-0.4, -0.2) is 34.1 Å². The maximum absolute atomic E-state index is 10.2. The first kappa shape index (κ1) is 10.6. The van der Waals surface area contributed by atoms with Crippen LogP contribution in [0.1, 0.15) is 31.4 Å². The standard InChI is InChI=1S/C12H18N2O/c1-10(14-8-2-3-9-14)12(15)11-4-6-13-7-5-11/h4-7,10,12,15H,2-3,8-9H2,1H3/t10-,12+/m0/s1. The lowest BCUT2D eigenvalue weighted by molar-refractivity contribution is 0.0715. The lowest BCUT2D eigenvalue weighted by Gasteiger charge is -2.28. The molecule has 1 saturated heterocycles. The van der Waals surface area contributed by atoms with Crippen molar-refractivity contribution in [1.29, 1.82) is 0 Å². The zero-order valence-corrected chi connectivity index (χ0v) is 9.13. The van der Waals surface area contributed by atoms with Crippen LogP contribution in [0.3, 0.4) is 0 Å². The fraction of sp³-hybridized carbons (Fsp3) is 0.583. The number of hydrogen-bond donors (Lipinski definition) is 1. The molecule has 0 unspecified atom stereocenters. The Kier molecular flexibility index (Phi) is 3.34. The average molecular weight is 206 g/mol. The normalized spacial score (nSPS) is 21.5. The predicted molar refractivity (Wildman–Crippen MR) is 59.5 cm³/mol. The molecule has 2 heterocycles. The van der Waals surface area contributed by atoms with Crippen LogP contribution in [0.25, 0.3) is 0 Å². The molecule has 3 heteroatoms. The van der Waals surface area contributed by atoms with Gasteiger partial charge < -0.3 is 5.11 Å². The number of aliphatic hydroxyl groups is 1. The van der Waals surface area contributed by atoms with Crippen LogP contribution in [-0.2, 0) is 0 Å². The van der Waals surface area contributed by atoms with Crippen LogP contribution in [0.4, 0.5) is 0 Å². The molecule has 1 aliphatic heterocycles. The molecule has 1 fully saturated rings. The van der Waals surface area contributed by atoms with Crippen molar-refractivity contribution >= 4 is 0 Å². The van der Waals surface area contributed by atoms with Gasteiger partial charge in [-0.3, -0.25) is 9.88 Å². The molecule has 15 heavy (non-hydrogen) atoms. The lowest BCUT2D eigenvalue weighted by atomic mass is 10.0. The highest BCUT2D eigenvalue weighted by atomic mass is 16.3. The number of aromatic nitrogens is 1. The SMILES string of the molecule is C[C@@H]([C@@H](O)c1ccncc1)N1CCCC1. The van der Waals surface area contributed by atoms with Crippen LogP contribution >= 0.6 is 0 Å². The highest BCUT2D eigenvalue weighted by Gasteiger charge is 2.24. The first-order valence-corrected chi connectivity index (χ1v) is 5.61. The van der Waals surface area contributed by atoms with Gasteiger partial charge in [-0.15, -0.1) is 0 Å². The van der Waals surface area contributed by atoms with Gasteiger partial charge in [-0.2, -0.15) is 0 Å². The molecule has 0 amide bonds. The number of aliphatic hydroxyl groups excluding tert-OH is 1. The van der Waals surface area contributed by atoms with Crippen LogP contribution in [0.5, 0.6) is 0 Å². The number of nitrogens with zero attached hydrogens (tertiary/aromatic N) is 2. The van der Waals surface area contributed by atoms with E-state index in [1.54, 1.807) is 12.4 Å². The molecule has 1 aromatic rings. The van der Waals surface area contributed by atoms with Crippen LogP contribution in [0.2, 0.25) is 0 Å². The quantitative estimate of drug-likeness (QED) is 0.816. The Morgan fingerprint density at radius 3 is 2.47 bits per heavy atom. The first-order valence-electron chi connectivity index (χ1n) is 5.61. The van der Waals surface area contributed by atoms with Gasteiger partial charge in [-0.05, 0) is 50.6 Å². The van der Waals surface area contributed by atoms with Crippen LogP contribution < -0.4 is 0 Å². The summed E-state index contributed by atoms with van der Waals surface area (Å²) in [6.07, 6.45) is 5.58. The molecule has 1 N–H and O–H groups in total. The average Bonchev–Trinajstić information content (AvgIpc) is 2.82. The zero-order chi connectivity index (χ0) is 10.7. The van der Waals surface area contributed by atoms with Gasteiger partial charge in [0.2, 0.25) is 0 Å². The molecule has 0 spiro atoms. The zero-order valence-electron chi connectivity index (χ0n) is 9.13. The Morgan fingerprint density at radius 1 is 1.27 bits per heavy atom. The van der Waals surface area contributed by atoms with Crippen molar-refractivity contribution in [1.82, 2.24) is 9.88 Å². The monoisotopic (exact) mass is 206 g/mol. The van der Waals surface area contributed by atoms with E-state index in [0.717, 1.165) is 18.7 Å². The fourth-order valence-corrected chi connectivity index (χ4v) is 2.19. The molecule has 3 nitrogen and oxygen atoms in total. The van der Waals surface area contributed by atoms with Crippen molar-refractivity contribution in [3.8, 4) is 0 Å². The van der Waals surface area contributed by atoms with Crippen molar-refractivity contribution in [2.24, 2.45) is 0 Å². The molecule has 2 atom stereocenters. The van der Waals surface area contributed by atoms with Crippen molar-refractivity contribution in [3.63, 3.8) is 0 Å². The molecular weight excluding hydrogens is 188 g/mol. The largest absolute Gasteiger partial charge is 0.387 e. The maximum atomic E-state index is 10.2. The molecule has 1 aliphatic rings. The fourth-order valence-electron chi connectivity index (χ4n) is 2.19. The van der Waals surface area contributed by atoms with Gasteiger partial charge in [0.15, 0.2) is 0 Å². The first-order chi connectivity index (χ1) is 7.29. The van der Waals surface area contributed by atoms with E-state index in [1.165, 1.54) is 12.8 Å². The van der Waals surface area contributed by atoms with Crippen LogP contribution in [0, 0.1) is 0 Å². The maximum Gasteiger partial charge on any atom is 0.0943 e. The molecule has 1 aromatic heterocycles. The lowest BCUT2D eigenvalue weighted by Crippen LogP contribution is -2.35. The third-order valence-corrected chi connectivity index (χ3v) is 3.22. The Balaban J connectivity index is 2.03. The summed E-state index contributed by atoms with van der Waals surface area (Å²) in [7, 11) is 0. The van der Waals surface area contributed by atoms with Gasteiger partial charge >= 0.3 is 0 Å². The van der Waals surface area contributed by atoms with Crippen molar-refractivity contribution in [2.45, 2.75) is 31.9 Å². The molecule has 0 aliphatic carbocycles. The van der Waals surface area contributed by atoms with E-state index in [-0.39, 0.29) is 6.04 Å². The van der Waals surface area contributed by atoms with Gasteiger partial charge in [0.25, 0.3) is 0 Å². The summed E-state index contributed by atoms with van der Waals surface area (Å²) < 4.78 is 0. The molecule has 82 valence electrons. The second kappa shape index (κ2) is 4.73. The molecule has 0 saturated carbocycles. The highest BCUT2D eigenvalue weighted by Crippen LogP contribution is 2.23. The van der Waals surface area contributed by atoms with E-state index >= 15 is 0 Å². The third-order valence-electron chi connectivity index (χ3n) is 3.22. The van der Waals surface area contributed by atoms with Crippen molar-refractivity contribution in [2.75, 3.05) is 13.1 Å². The summed E-state index contributed by atoms with van der Waals surface area (Å²) in [6, 6.07) is 3.98. The number of hydrogen-bond acceptors (Lipinski definition) is 3. The van der Waals surface area contributed by atoms with E-state index in [9.17, 15) is 5.11 Å². The minimum atomic E-state index is -0.397. The molecule has 0 radical (unpaired) electrons. The molecule has 0 aromatic carbocycles. The number of rotatable bonds is 3. The smallest absolute Gasteiger partial charge is 0.0943 e. The summed E-state index contributed by atoms with van der Waals surface area (Å²) in [5.41, 5.74) is 0.962. The summed E-state index contributed by atoms with van der Waals surface area (Å²) >= 11 is 0. The topological polar surface area (TPSA) is 36.4 Å². The van der Waals surface area contributed by atoms with Gasteiger partial charge in [0.1, 0.15) is 0 Å². The minimum Gasteiger partial charge on any atom is -0.387 e. The molecule has 0 bridgehead atoms. The van der Waals surface area contributed by atoms with E-state index in [0.29, 0.717) is 0 Å². The van der Waals surface area contributed by atoms with Gasteiger partial charge in [-0.1, -0.05) is 0 Å². The minimum absolute atomic E-state index is 0.204. The number of pyridine rings is 1. The molecule has 2 rings (SSSR count). The summed E-state index contributed by atoms with van der Waals surface area (Å²) in [5.74, 6) is 0. The Morgan fingerprint density at radius 2 is 1.87 bits per heavy atom. The Hall–Kier alpha value is -0.930. The number of likely N-dealkylation sites (tertiary alicyclic amines) is 1. The Labute approximate surface area is 90.8 Å². The second-order valence-electron chi connectivity index (χ2n) is 4.21. The molecular formula is C12H18N2O. The predicted octanol–water partition coefficient (Wildman–Crippen LogP) is 1.60. The van der Waals surface area contributed by atoms with Gasteiger partial charge in [-0.25, -0.2) is 0 Å². The van der Waals surface area contributed by atoms with E-state index < -0.39 is 6.10 Å². The van der Waals surface area contributed by atoms with E-state index in [2.05, 4.69) is 16.8 Å². The van der Waals surface area contributed by atoms with E-state index in [1.807, 2.05) is 12.1 Å². The summed E-state index contributed by atoms with van der Waals surface area (Å²) in [6.45, 7) is 4.32. The second-order valence-corrected chi connectivity index (χ2v) is 4.21. The summed E-state index contributed by atoms with van der Waals surface area (Å²) in [5, 5.41) is 10.2. The van der Waals surface area contributed by atoms with Crippen molar-refractivity contribution < 1.29 is 5.11 Å². The van der Waals surface area contributed by atoms with Crippen LogP contribution in [0.15, 0.2) is 24.5 Å². The summed E-state index contributed by atoms with van der Waals surface area (Å²) in [4.78, 5) is 6.31. The van der Waals surface area contributed by atoms with Crippen molar-refractivity contribution in [3.05, 3.63) is 30.1 Å². The van der Waals surface area contributed by atoms with Gasteiger partial charge in [0.05, 0.1) is 6.10 Å². The highest BCUT2D eigenvalue weighted by molar-refractivity contribution is 5.14. The van der Waals surface area contributed by atoms with E-state index in [4.69, 9.17) is 0 Å². The third kappa shape index (κ3) is 2.36. The Bertz CT molecular complexity index is 296.